The first-order valence-corrected chi connectivity index (χ1v) is 15.2. The lowest BCUT2D eigenvalue weighted by Crippen LogP contribution is -2.55. The zero-order chi connectivity index (χ0) is 38.7. The standard InChI is InChI=1S/C30H39N7O15/c1-34-7-4-19(22(38)28(34)44)25(41)31-16(13-50-47)10-37(11-17(14-51-48)32-26(42)20-5-8-35(2)29(45)23(20)39)12-18(15-52-49)33-27(43)21-6-9-36(3)30(46)24(21)40/h4-9,16-18,38-40,47-49H,10-15H2,1-3H3,(H,31,41)(H,32,42)(H,33,43). The molecule has 0 aliphatic carbocycles. The molecule has 284 valence electrons. The molecule has 0 spiro atoms. The van der Waals surface area contributed by atoms with E-state index in [2.05, 4.69) is 30.6 Å². The van der Waals surface area contributed by atoms with Gasteiger partial charge in [0.15, 0.2) is 17.2 Å². The first kappa shape index (κ1) is 40.8. The van der Waals surface area contributed by atoms with E-state index in [9.17, 15) is 59.9 Å². The second-order valence-corrected chi connectivity index (χ2v) is 11.6. The number of aromatic nitrogens is 3. The molecule has 3 aromatic heterocycles. The van der Waals surface area contributed by atoms with E-state index in [4.69, 9.17) is 0 Å². The number of nitrogens with one attached hydrogen (secondary N) is 3. The number of carbonyl (C=O) groups is 3. The fraction of sp³-hybridized carbons (Fsp3) is 0.400. The Morgan fingerprint density at radius 1 is 0.577 bits per heavy atom. The highest BCUT2D eigenvalue weighted by atomic mass is 17.1. The molecule has 52 heavy (non-hydrogen) atoms. The highest BCUT2D eigenvalue weighted by Crippen LogP contribution is 2.14. The third-order valence-electron chi connectivity index (χ3n) is 7.73. The topological polar surface area (TPSA) is 306 Å². The number of hydrogen-bond donors (Lipinski definition) is 9. The van der Waals surface area contributed by atoms with Crippen molar-refractivity contribution in [2.24, 2.45) is 21.1 Å². The van der Waals surface area contributed by atoms with Gasteiger partial charge in [-0.15, -0.1) is 0 Å². The number of pyridine rings is 3. The molecule has 3 amide bonds. The van der Waals surface area contributed by atoms with Crippen LogP contribution in [0, 0.1) is 0 Å². The van der Waals surface area contributed by atoms with E-state index < -0.39 is 106 Å². The number of aryl methyl sites for hydroxylation is 3. The zero-order valence-corrected chi connectivity index (χ0v) is 28.1. The predicted molar refractivity (Wildman–Crippen MR) is 176 cm³/mol. The summed E-state index contributed by atoms with van der Waals surface area (Å²) in [7, 11) is 4.04. The maximum absolute atomic E-state index is 13.1. The van der Waals surface area contributed by atoms with Crippen molar-refractivity contribution in [1.82, 2.24) is 34.6 Å². The number of amides is 3. The minimum absolute atomic E-state index is 0.332. The Hall–Kier alpha value is -5.62. The monoisotopic (exact) mass is 737 g/mol. The van der Waals surface area contributed by atoms with Crippen molar-refractivity contribution in [3.05, 3.63) is 84.5 Å². The second-order valence-electron chi connectivity index (χ2n) is 11.6. The summed E-state index contributed by atoms with van der Waals surface area (Å²) in [5, 5.41) is 66.3. The molecule has 9 N–H and O–H groups in total. The van der Waals surface area contributed by atoms with Gasteiger partial charge in [-0.25, -0.2) is 14.7 Å². The smallest absolute Gasteiger partial charge is 0.293 e. The Morgan fingerprint density at radius 2 is 0.827 bits per heavy atom. The molecule has 3 atom stereocenters. The molecule has 3 rings (SSSR count). The van der Waals surface area contributed by atoms with Gasteiger partial charge >= 0.3 is 0 Å². The SMILES string of the molecule is Cn1ccc(C(=O)NC(COO)CN(CC(COO)NC(=O)c2ccn(C)c(=O)c2O)CC(COO)NC(=O)c2ccn(C)c(=O)c2O)c(O)c1=O. The maximum Gasteiger partial charge on any atom is 0.293 e. The van der Waals surface area contributed by atoms with E-state index in [-0.39, 0.29) is 19.6 Å². The van der Waals surface area contributed by atoms with E-state index in [0.717, 1.165) is 31.9 Å². The lowest BCUT2D eigenvalue weighted by Gasteiger charge is -2.33. The Morgan fingerprint density at radius 3 is 1.06 bits per heavy atom. The lowest BCUT2D eigenvalue weighted by atomic mass is 10.1. The fourth-order valence-corrected chi connectivity index (χ4v) is 5.03. The summed E-state index contributed by atoms with van der Waals surface area (Å²) in [6.07, 6.45) is 3.68. The van der Waals surface area contributed by atoms with E-state index in [1.54, 1.807) is 0 Å². The predicted octanol–water partition coefficient (Wildman–Crippen LogP) is -2.63. The van der Waals surface area contributed by atoms with Crippen molar-refractivity contribution in [1.29, 1.82) is 0 Å². The first-order chi connectivity index (χ1) is 24.6. The number of nitrogens with zero attached hydrogens (tertiary/aromatic N) is 4. The summed E-state index contributed by atoms with van der Waals surface area (Å²) >= 11 is 0. The normalized spacial score (nSPS) is 13.0. The van der Waals surface area contributed by atoms with Crippen LogP contribution >= 0.6 is 0 Å². The lowest BCUT2D eigenvalue weighted by molar-refractivity contribution is -0.250. The van der Waals surface area contributed by atoms with Crippen LogP contribution in [0.2, 0.25) is 0 Å². The minimum Gasteiger partial charge on any atom is -0.502 e. The molecule has 22 nitrogen and oxygen atoms in total. The van der Waals surface area contributed by atoms with Crippen LogP contribution in [0.4, 0.5) is 0 Å². The van der Waals surface area contributed by atoms with Crippen molar-refractivity contribution in [3.63, 3.8) is 0 Å². The molecular weight excluding hydrogens is 698 g/mol. The average molecular weight is 738 g/mol. The summed E-state index contributed by atoms with van der Waals surface area (Å²) < 4.78 is 3.08. The van der Waals surface area contributed by atoms with Crippen LogP contribution in [0.15, 0.2) is 51.2 Å². The van der Waals surface area contributed by atoms with Gasteiger partial charge in [-0.05, 0) is 18.2 Å². The third kappa shape index (κ3) is 10.2. The Bertz CT molecular complexity index is 1710. The number of carbonyl (C=O) groups excluding carboxylic acids is 3. The van der Waals surface area contributed by atoms with Crippen molar-refractivity contribution in [3.8, 4) is 17.2 Å². The van der Waals surface area contributed by atoms with Gasteiger partial charge in [0.05, 0.1) is 34.8 Å². The molecule has 0 aliphatic heterocycles. The second kappa shape index (κ2) is 18.6. The molecule has 0 aliphatic rings. The molecule has 22 heteroatoms. The summed E-state index contributed by atoms with van der Waals surface area (Å²) in [5.41, 5.74) is -3.88. The van der Waals surface area contributed by atoms with Gasteiger partial charge in [0.2, 0.25) is 0 Å². The van der Waals surface area contributed by atoms with Crippen LogP contribution in [-0.2, 0) is 35.8 Å². The summed E-state index contributed by atoms with van der Waals surface area (Å²) in [5.74, 6) is -5.50. The molecule has 0 bridgehead atoms. The zero-order valence-electron chi connectivity index (χ0n) is 28.1. The van der Waals surface area contributed by atoms with Crippen LogP contribution in [-0.4, -0.2) is 125 Å². The van der Waals surface area contributed by atoms with Gasteiger partial charge in [0.1, 0.15) is 19.8 Å². The highest BCUT2D eigenvalue weighted by Gasteiger charge is 2.28. The quantitative estimate of drug-likeness (QED) is 0.0476. The van der Waals surface area contributed by atoms with Crippen molar-refractivity contribution in [2.45, 2.75) is 18.1 Å². The van der Waals surface area contributed by atoms with Gasteiger partial charge in [0.25, 0.3) is 34.4 Å². The van der Waals surface area contributed by atoms with Gasteiger partial charge < -0.3 is 45.0 Å². The fourth-order valence-electron chi connectivity index (χ4n) is 5.03. The van der Waals surface area contributed by atoms with Gasteiger partial charge in [-0.1, -0.05) is 0 Å². The Labute approximate surface area is 293 Å². The summed E-state index contributed by atoms with van der Waals surface area (Å²) in [6, 6.07) is -0.0575. The Kier molecular flexibility index (Phi) is 14.6. The van der Waals surface area contributed by atoms with Crippen LogP contribution in [0.3, 0.4) is 0 Å². The number of hydrogen-bond acceptors (Lipinski definition) is 16. The third-order valence-corrected chi connectivity index (χ3v) is 7.73. The molecule has 0 fully saturated rings. The van der Waals surface area contributed by atoms with Gasteiger partial charge in [0, 0.05) is 59.4 Å². The summed E-state index contributed by atoms with van der Waals surface area (Å²) in [6.45, 7) is -2.79. The molecule has 0 radical (unpaired) electrons. The highest BCUT2D eigenvalue weighted by molar-refractivity contribution is 5.98. The van der Waals surface area contributed by atoms with Crippen LogP contribution < -0.4 is 32.6 Å². The maximum atomic E-state index is 13.1. The molecule has 3 heterocycles. The van der Waals surface area contributed by atoms with E-state index in [1.807, 2.05) is 0 Å². The van der Waals surface area contributed by atoms with E-state index in [0.29, 0.717) is 0 Å². The van der Waals surface area contributed by atoms with Crippen LogP contribution in [0.25, 0.3) is 0 Å². The van der Waals surface area contributed by atoms with Crippen molar-refractivity contribution in [2.75, 3.05) is 39.5 Å². The molecular formula is C30H39N7O15. The molecule has 3 unspecified atom stereocenters. The van der Waals surface area contributed by atoms with E-state index in [1.165, 1.54) is 44.6 Å². The van der Waals surface area contributed by atoms with E-state index >= 15 is 0 Å². The Balaban J connectivity index is 1.96. The summed E-state index contributed by atoms with van der Waals surface area (Å²) in [4.78, 5) is 90.2. The van der Waals surface area contributed by atoms with Crippen LogP contribution in [0.5, 0.6) is 17.2 Å². The van der Waals surface area contributed by atoms with Gasteiger partial charge in [-0.2, -0.15) is 0 Å². The first-order valence-electron chi connectivity index (χ1n) is 15.2. The molecule has 0 aromatic carbocycles. The van der Waals surface area contributed by atoms with Crippen molar-refractivity contribution >= 4 is 17.7 Å². The largest absolute Gasteiger partial charge is 0.502 e. The number of rotatable bonds is 18. The number of aromatic hydroxyl groups is 3. The average Bonchev–Trinajstić information content (AvgIpc) is 3.08. The van der Waals surface area contributed by atoms with Crippen molar-refractivity contribution < 1.29 is 60.1 Å². The molecule has 3 aromatic rings. The van der Waals surface area contributed by atoms with Crippen LogP contribution in [0.1, 0.15) is 31.1 Å². The molecule has 0 saturated heterocycles. The molecule has 0 saturated carbocycles. The van der Waals surface area contributed by atoms with Gasteiger partial charge in [-0.3, -0.25) is 49.4 Å². The minimum atomic E-state index is -1.18.